The smallest absolute Gasteiger partial charge is 0.408 e. The Kier molecular flexibility index (Phi) is 13.4. The zero-order valence-corrected chi connectivity index (χ0v) is 25.7. The third kappa shape index (κ3) is 12.7. The molecule has 0 unspecified atom stereocenters. The predicted molar refractivity (Wildman–Crippen MR) is 157 cm³/mol. The van der Waals surface area contributed by atoms with Gasteiger partial charge in [0, 0.05) is 25.8 Å². The molecule has 2 heterocycles. The molecular weight excluding hydrogens is 556 g/mol. The zero-order valence-electron chi connectivity index (χ0n) is 25.7. The SMILES string of the molecule is CC(C)(C)OC(=O)N[C@H]1CCc2nnc(o2)CCCCCNC(=O)CC[C@@H](C=O)NC(=O)[C@H](CC2CCCCC2)NC1=O. The normalized spacial score (nSPS) is 24.4. The minimum atomic E-state index is -1.05. The van der Waals surface area contributed by atoms with Gasteiger partial charge in [-0.25, -0.2) is 4.79 Å². The molecule has 1 aliphatic carbocycles. The number of nitrogens with one attached hydrogen (secondary N) is 4. The number of carbonyl (C=O) groups excluding carboxylic acids is 5. The van der Waals surface area contributed by atoms with Gasteiger partial charge in [0.2, 0.25) is 29.5 Å². The first-order chi connectivity index (χ1) is 20.5. The zero-order chi connectivity index (χ0) is 31.2. The fraction of sp³-hybridized carbons (Fsp3) is 0.767. The molecule has 2 bridgehead atoms. The molecule has 1 aromatic rings. The molecule has 2 aliphatic rings. The molecule has 0 spiro atoms. The van der Waals surface area contributed by atoms with Gasteiger partial charge in [-0.3, -0.25) is 14.4 Å². The van der Waals surface area contributed by atoms with Crippen LogP contribution >= 0.6 is 0 Å². The van der Waals surface area contributed by atoms with Gasteiger partial charge in [-0.2, -0.15) is 0 Å². The number of carbonyl (C=O) groups is 5. The van der Waals surface area contributed by atoms with Crippen LogP contribution < -0.4 is 21.3 Å². The number of ether oxygens (including phenoxy) is 1. The van der Waals surface area contributed by atoms with Gasteiger partial charge in [-0.15, -0.1) is 10.2 Å². The second kappa shape index (κ2) is 17.0. The fourth-order valence-electron chi connectivity index (χ4n) is 5.38. The van der Waals surface area contributed by atoms with Crippen molar-refractivity contribution >= 4 is 30.1 Å². The van der Waals surface area contributed by atoms with Gasteiger partial charge in [0.15, 0.2) is 0 Å². The third-order valence-electron chi connectivity index (χ3n) is 7.65. The van der Waals surface area contributed by atoms with E-state index < -0.39 is 41.6 Å². The van der Waals surface area contributed by atoms with E-state index in [1.54, 1.807) is 20.8 Å². The molecule has 4 amide bonds. The largest absolute Gasteiger partial charge is 0.444 e. The predicted octanol–water partition coefficient (Wildman–Crippen LogP) is 2.66. The number of rotatable bonds is 4. The monoisotopic (exact) mass is 604 g/mol. The maximum Gasteiger partial charge on any atom is 0.408 e. The van der Waals surface area contributed by atoms with Crippen LogP contribution in [0.15, 0.2) is 4.42 Å². The van der Waals surface area contributed by atoms with Crippen LogP contribution in [0.5, 0.6) is 0 Å². The summed E-state index contributed by atoms with van der Waals surface area (Å²) in [5, 5.41) is 19.2. The molecule has 13 heteroatoms. The van der Waals surface area contributed by atoms with Gasteiger partial charge in [0.25, 0.3) is 0 Å². The van der Waals surface area contributed by atoms with Crippen molar-refractivity contribution < 1.29 is 33.1 Å². The number of aldehydes is 1. The van der Waals surface area contributed by atoms with Crippen LogP contribution in [-0.4, -0.2) is 70.6 Å². The molecule has 43 heavy (non-hydrogen) atoms. The second-order valence-electron chi connectivity index (χ2n) is 12.6. The van der Waals surface area contributed by atoms with Crippen molar-refractivity contribution in [3.8, 4) is 0 Å². The number of hydrogen-bond acceptors (Lipinski definition) is 9. The molecule has 0 aromatic carbocycles. The first-order valence-corrected chi connectivity index (χ1v) is 15.7. The van der Waals surface area contributed by atoms with Crippen LogP contribution in [0, 0.1) is 5.92 Å². The molecule has 1 fully saturated rings. The van der Waals surface area contributed by atoms with Crippen LogP contribution in [0.25, 0.3) is 0 Å². The summed E-state index contributed by atoms with van der Waals surface area (Å²) in [6.07, 6.45) is 8.94. The molecule has 0 radical (unpaired) electrons. The number of alkyl carbamates (subject to hydrolysis) is 1. The number of aryl methyl sites for hydroxylation is 2. The summed E-state index contributed by atoms with van der Waals surface area (Å²) in [6, 6.07) is -2.86. The maximum absolute atomic E-state index is 13.6. The molecule has 3 atom stereocenters. The Morgan fingerprint density at radius 1 is 0.907 bits per heavy atom. The standard InChI is InChI=1S/C30H48N6O7/c1-30(2,3)43-29(41)34-22-14-16-26-36-35-25(42-26)12-8-5-9-17-31-24(38)15-13-21(19-37)32-28(40)23(33-27(22)39)18-20-10-6-4-7-11-20/h19-23H,4-18H2,1-3H3,(H,31,38)(H,32,40)(H,33,39)(H,34,41)/t21-,22-,23-/m0/s1. The van der Waals surface area contributed by atoms with Crippen LogP contribution in [-0.2, 0) is 36.8 Å². The van der Waals surface area contributed by atoms with Crippen molar-refractivity contribution in [3.05, 3.63) is 11.8 Å². The average molecular weight is 605 g/mol. The van der Waals surface area contributed by atoms with E-state index >= 15 is 0 Å². The van der Waals surface area contributed by atoms with Gasteiger partial charge in [0.1, 0.15) is 24.0 Å². The van der Waals surface area contributed by atoms with Gasteiger partial charge < -0.3 is 35.2 Å². The molecule has 1 saturated carbocycles. The van der Waals surface area contributed by atoms with Crippen molar-refractivity contribution in [2.75, 3.05) is 6.54 Å². The first-order valence-electron chi connectivity index (χ1n) is 15.7. The van der Waals surface area contributed by atoms with Crippen molar-refractivity contribution in [3.63, 3.8) is 0 Å². The van der Waals surface area contributed by atoms with E-state index in [0.29, 0.717) is 37.5 Å². The summed E-state index contributed by atoms with van der Waals surface area (Å²) in [5.41, 5.74) is -0.780. The summed E-state index contributed by atoms with van der Waals surface area (Å²) >= 11 is 0. The summed E-state index contributed by atoms with van der Waals surface area (Å²) in [4.78, 5) is 63.9. The van der Waals surface area contributed by atoms with Gasteiger partial charge in [-0.1, -0.05) is 38.5 Å². The summed E-state index contributed by atoms with van der Waals surface area (Å²) in [7, 11) is 0. The fourth-order valence-corrected chi connectivity index (χ4v) is 5.38. The van der Waals surface area contributed by atoms with E-state index in [4.69, 9.17) is 9.15 Å². The highest BCUT2D eigenvalue weighted by Gasteiger charge is 2.31. The van der Waals surface area contributed by atoms with Crippen LogP contribution in [0.2, 0.25) is 0 Å². The molecule has 13 nitrogen and oxygen atoms in total. The number of nitrogens with zero attached hydrogens (tertiary/aromatic N) is 2. The minimum Gasteiger partial charge on any atom is -0.444 e. The summed E-state index contributed by atoms with van der Waals surface area (Å²) in [5.74, 6) is -0.211. The Morgan fingerprint density at radius 2 is 1.60 bits per heavy atom. The quantitative estimate of drug-likeness (QED) is 0.376. The van der Waals surface area contributed by atoms with Crippen molar-refractivity contribution in [2.24, 2.45) is 5.92 Å². The first kappa shape index (κ1) is 34.0. The Balaban J connectivity index is 1.82. The van der Waals surface area contributed by atoms with E-state index in [9.17, 15) is 24.0 Å². The van der Waals surface area contributed by atoms with E-state index in [-0.39, 0.29) is 37.5 Å². The van der Waals surface area contributed by atoms with Gasteiger partial charge >= 0.3 is 6.09 Å². The van der Waals surface area contributed by atoms with E-state index in [1.807, 2.05) is 0 Å². The Morgan fingerprint density at radius 3 is 2.30 bits per heavy atom. The highest BCUT2D eigenvalue weighted by Crippen LogP contribution is 2.27. The average Bonchev–Trinajstić information content (AvgIpc) is 3.41. The molecule has 0 saturated heterocycles. The van der Waals surface area contributed by atoms with Crippen LogP contribution in [0.3, 0.4) is 0 Å². The van der Waals surface area contributed by atoms with Crippen molar-refractivity contribution in [2.45, 2.75) is 134 Å². The molecule has 4 N–H and O–H groups in total. The lowest BCUT2D eigenvalue weighted by molar-refractivity contribution is -0.131. The van der Waals surface area contributed by atoms with E-state index in [2.05, 4.69) is 31.5 Å². The maximum atomic E-state index is 13.6. The number of fused-ring (bicyclic) bond motifs is 2. The molecule has 240 valence electrons. The Labute approximate surface area is 253 Å². The Bertz CT molecular complexity index is 1080. The summed E-state index contributed by atoms with van der Waals surface area (Å²) in [6.45, 7) is 5.67. The minimum absolute atomic E-state index is 0.0793. The number of aromatic nitrogens is 2. The van der Waals surface area contributed by atoms with E-state index in [0.717, 1.165) is 51.4 Å². The molecular formula is C30H48N6O7. The Hall–Kier alpha value is -3.51. The van der Waals surface area contributed by atoms with Gasteiger partial charge in [0.05, 0.1) is 6.04 Å². The van der Waals surface area contributed by atoms with E-state index in [1.165, 1.54) is 0 Å². The van der Waals surface area contributed by atoms with Crippen molar-refractivity contribution in [1.29, 1.82) is 0 Å². The lowest BCUT2D eigenvalue weighted by Crippen LogP contribution is -2.56. The lowest BCUT2D eigenvalue weighted by atomic mass is 9.84. The molecule has 1 aliphatic heterocycles. The topological polar surface area (TPSA) is 182 Å². The number of hydrogen-bond donors (Lipinski definition) is 4. The van der Waals surface area contributed by atoms with Crippen LogP contribution in [0.4, 0.5) is 4.79 Å². The third-order valence-corrected chi connectivity index (χ3v) is 7.65. The summed E-state index contributed by atoms with van der Waals surface area (Å²) < 4.78 is 11.2. The lowest BCUT2D eigenvalue weighted by Gasteiger charge is -2.29. The molecule has 3 rings (SSSR count). The number of amides is 4. The second-order valence-corrected chi connectivity index (χ2v) is 12.6. The van der Waals surface area contributed by atoms with Gasteiger partial charge in [-0.05, 0) is 58.8 Å². The highest BCUT2D eigenvalue weighted by atomic mass is 16.6. The highest BCUT2D eigenvalue weighted by molar-refractivity contribution is 5.92. The van der Waals surface area contributed by atoms with Crippen molar-refractivity contribution in [1.82, 2.24) is 31.5 Å². The molecule has 1 aromatic heterocycles. The van der Waals surface area contributed by atoms with Crippen LogP contribution in [0.1, 0.15) is 110 Å².